The van der Waals surface area contributed by atoms with Crippen molar-refractivity contribution in [2.45, 2.75) is 19.3 Å². The molecular formula is C61H41NO2. The van der Waals surface area contributed by atoms with E-state index in [0.717, 1.165) is 77.6 Å². The van der Waals surface area contributed by atoms with Gasteiger partial charge in [0.2, 0.25) is 0 Å². The number of rotatable bonds is 6. The molecule has 0 saturated heterocycles. The van der Waals surface area contributed by atoms with Crippen molar-refractivity contribution in [1.82, 2.24) is 0 Å². The molecule has 2 aromatic heterocycles. The van der Waals surface area contributed by atoms with Gasteiger partial charge in [-0.2, -0.15) is 0 Å². The average Bonchev–Trinajstić information content (AvgIpc) is 3.99. The Kier molecular flexibility index (Phi) is 7.95. The van der Waals surface area contributed by atoms with Crippen LogP contribution >= 0.6 is 0 Å². The third-order valence-corrected chi connectivity index (χ3v) is 13.7. The van der Waals surface area contributed by atoms with Crippen LogP contribution in [0.15, 0.2) is 221 Å². The Labute approximate surface area is 371 Å². The molecule has 0 radical (unpaired) electrons. The lowest BCUT2D eigenvalue weighted by Crippen LogP contribution is -2.16. The molecule has 0 aliphatic heterocycles. The van der Waals surface area contributed by atoms with Gasteiger partial charge in [0.1, 0.15) is 22.3 Å². The Bertz CT molecular complexity index is 3790. The van der Waals surface area contributed by atoms with E-state index in [1.807, 2.05) is 18.2 Å². The summed E-state index contributed by atoms with van der Waals surface area (Å²) >= 11 is 0. The van der Waals surface area contributed by atoms with Crippen LogP contribution in [0.3, 0.4) is 0 Å². The van der Waals surface area contributed by atoms with Gasteiger partial charge in [-0.1, -0.05) is 159 Å². The van der Waals surface area contributed by atoms with E-state index in [0.29, 0.717) is 0 Å². The van der Waals surface area contributed by atoms with Crippen LogP contribution in [0.2, 0.25) is 0 Å². The molecule has 1 aliphatic carbocycles. The number of hydrogen-bond donors (Lipinski definition) is 0. The highest BCUT2D eigenvalue weighted by Gasteiger charge is 2.35. The highest BCUT2D eigenvalue weighted by Crippen LogP contribution is 2.51. The van der Waals surface area contributed by atoms with E-state index in [2.05, 4.69) is 213 Å². The number of nitrogens with zero attached hydrogens (tertiary/aromatic N) is 1. The van der Waals surface area contributed by atoms with Gasteiger partial charge in [-0.05, 0) is 128 Å². The first-order chi connectivity index (χ1) is 31.5. The van der Waals surface area contributed by atoms with Crippen molar-refractivity contribution in [3.8, 4) is 44.5 Å². The first-order valence-corrected chi connectivity index (χ1v) is 22.1. The molecule has 3 nitrogen and oxygen atoms in total. The van der Waals surface area contributed by atoms with Gasteiger partial charge in [0.25, 0.3) is 0 Å². The monoisotopic (exact) mass is 819 g/mol. The molecule has 0 atom stereocenters. The van der Waals surface area contributed by atoms with Crippen LogP contribution in [0, 0.1) is 0 Å². The maximum atomic E-state index is 6.94. The Morgan fingerprint density at radius 1 is 0.344 bits per heavy atom. The molecule has 0 N–H and O–H groups in total. The molecule has 1 aliphatic rings. The van der Waals surface area contributed by atoms with E-state index < -0.39 is 0 Å². The summed E-state index contributed by atoms with van der Waals surface area (Å²) in [6, 6.07) is 76.7. The highest BCUT2D eigenvalue weighted by atomic mass is 16.3. The van der Waals surface area contributed by atoms with Crippen LogP contribution in [0.5, 0.6) is 0 Å². The largest absolute Gasteiger partial charge is 0.456 e. The number of hydrogen-bond acceptors (Lipinski definition) is 3. The maximum absolute atomic E-state index is 6.94. The van der Waals surface area contributed by atoms with Gasteiger partial charge >= 0.3 is 0 Å². The molecule has 0 unspecified atom stereocenters. The van der Waals surface area contributed by atoms with Crippen molar-refractivity contribution >= 4 is 71.7 Å². The zero-order chi connectivity index (χ0) is 42.5. The summed E-state index contributed by atoms with van der Waals surface area (Å²) < 4.78 is 13.4. The van der Waals surface area contributed by atoms with Crippen LogP contribution < -0.4 is 4.90 Å². The van der Waals surface area contributed by atoms with Gasteiger partial charge in [0.05, 0.1) is 0 Å². The Morgan fingerprint density at radius 2 is 0.938 bits per heavy atom. The molecule has 2 heterocycles. The predicted molar refractivity (Wildman–Crippen MR) is 267 cm³/mol. The number of fused-ring (bicyclic) bond motifs is 11. The van der Waals surface area contributed by atoms with Crippen molar-refractivity contribution in [3.63, 3.8) is 0 Å². The quantitative estimate of drug-likeness (QED) is 0.167. The summed E-state index contributed by atoms with van der Waals surface area (Å²) in [6.07, 6.45) is 0. The zero-order valence-corrected chi connectivity index (χ0v) is 35.5. The highest BCUT2D eigenvalue weighted by molar-refractivity contribution is 6.27. The molecule has 0 amide bonds. The van der Waals surface area contributed by atoms with Crippen molar-refractivity contribution in [1.29, 1.82) is 0 Å². The SMILES string of the molecule is CC1(C)c2ccccc2-c2ccc(N(c3ccc(-c4ccccc4)cc3)c3ccc(-c4cc(-c5cccc6ccccc56)cc5c4oc4ccc6oc7ccccc7c6c45)cc3)cc21. The van der Waals surface area contributed by atoms with Crippen LogP contribution in [-0.2, 0) is 5.41 Å². The van der Waals surface area contributed by atoms with Crippen molar-refractivity contribution in [2.24, 2.45) is 0 Å². The Morgan fingerprint density at radius 3 is 1.75 bits per heavy atom. The molecule has 0 bridgehead atoms. The van der Waals surface area contributed by atoms with Crippen molar-refractivity contribution in [3.05, 3.63) is 223 Å². The number of anilines is 3. The fourth-order valence-electron chi connectivity index (χ4n) is 10.5. The Hall–Kier alpha value is -8.14. The molecule has 64 heavy (non-hydrogen) atoms. The molecule has 302 valence electrons. The van der Waals surface area contributed by atoms with Gasteiger partial charge < -0.3 is 13.7 Å². The van der Waals surface area contributed by atoms with E-state index >= 15 is 0 Å². The second-order valence-corrected chi connectivity index (χ2v) is 17.6. The summed E-state index contributed by atoms with van der Waals surface area (Å²) in [5.41, 5.74) is 18.7. The molecular weight excluding hydrogens is 779 g/mol. The van der Waals surface area contributed by atoms with E-state index in [1.165, 1.54) is 49.7 Å². The van der Waals surface area contributed by atoms with E-state index in [1.54, 1.807) is 0 Å². The molecule has 0 fully saturated rings. The predicted octanol–water partition coefficient (Wildman–Crippen LogP) is 17.4. The first-order valence-electron chi connectivity index (χ1n) is 22.1. The molecule has 0 saturated carbocycles. The van der Waals surface area contributed by atoms with E-state index in [-0.39, 0.29) is 5.41 Å². The minimum absolute atomic E-state index is 0.129. The summed E-state index contributed by atoms with van der Waals surface area (Å²) in [5.74, 6) is 0. The van der Waals surface area contributed by atoms with Gasteiger partial charge in [-0.3, -0.25) is 0 Å². The standard InChI is InChI=1S/C61H41NO2/c1-61(2)53-21-10-8-18-48(53)49-32-31-45(37-54(49)61)62(43-27-23-39(24-28-43)38-13-4-3-5-14-38)44-29-25-41(26-30-44)51-35-42(47-20-12-16-40-15-6-7-17-46(40)47)36-52-59-57(64-60(51)52)34-33-56-58(59)50-19-9-11-22-55(50)63-56/h3-37H,1-2H3. The third-order valence-electron chi connectivity index (χ3n) is 13.7. The van der Waals surface area contributed by atoms with Crippen molar-refractivity contribution < 1.29 is 8.83 Å². The lowest BCUT2D eigenvalue weighted by molar-refractivity contribution is 0.660. The molecule has 10 aromatic carbocycles. The summed E-state index contributed by atoms with van der Waals surface area (Å²) in [5, 5.41) is 6.73. The van der Waals surface area contributed by atoms with Crippen molar-refractivity contribution in [2.75, 3.05) is 4.90 Å². The van der Waals surface area contributed by atoms with Gasteiger partial charge in [-0.15, -0.1) is 0 Å². The minimum atomic E-state index is -0.129. The number of furan rings is 2. The molecule has 3 heteroatoms. The average molecular weight is 820 g/mol. The maximum Gasteiger partial charge on any atom is 0.143 e. The lowest BCUT2D eigenvalue weighted by Gasteiger charge is -2.28. The zero-order valence-electron chi connectivity index (χ0n) is 35.5. The van der Waals surface area contributed by atoms with E-state index in [4.69, 9.17) is 8.83 Å². The summed E-state index contributed by atoms with van der Waals surface area (Å²) in [7, 11) is 0. The molecule has 0 spiro atoms. The van der Waals surface area contributed by atoms with Crippen LogP contribution in [0.1, 0.15) is 25.0 Å². The second-order valence-electron chi connectivity index (χ2n) is 17.6. The smallest absolute Gasteiger partial charge is 0.143 e. The fraction of sp³-hybridized carbons (Fsp3) is 0.0492. The Balaban J connectivity index is 1.000. The number of para-hydroxylation sites is 1. The summed E-state index contributed by atoms with van der Waals surface area (Å²) in [4.78, 5) is 2.39. The molecule has 13 rings (SSSR count). The van der Waals surface area contributed by atoms with Gasteiger partial charge in [0, 0.05) is 49.6 Å². The minimum Gasteiger partial charge on any atom is -0.456 e. The van der Waals surface area contributed by atoms with Gasteiger partial charge in [-0.25, -0.2) is 0 Å². The van der Waals surface area contributed by atoms with Crippen LogP contribution in [0.25, 0.3) is 99.2 Å². The van der Waals surface area contributed by atoms with Crippen LogP contribution in [0.4, 0.5) is 17.1 Å². The molecule has 12 aromatic rings. The topological polar surface area (TPSA) is 29.5 Å². The van der Waals surface area contributed by atoms with E-state index in [9.17, 15) is 0 Å². The van der Waals surface area contributed by atoms with Crippen LogP contribution in [-0.4, -0.2) is 0 Å². The lowest BCUT2D eigenvalue weighted by atomic mass is 9.82. The fourth-order valence-corrected chi connectivity index (χ4v) is 10.5. The van der Waals surface area contributed by atoms with Gasteiger partial charge in [0.15, 0.2) is 0 Å². The second kappa shape index (κ2) is 13.9. The third kappa shape index (κ3) is 5.54. The summed E-state index contributed by atoms with van der Waals surface area (Å²) in [6.45, 7) is 4.70. The normalized spacial score (nSPS) is 13.0. The first kappa shape index (κ1) is 36.5. The number of benzene rings is 10.